The molecule has 1 aromatic carbocycles. The van der Waals surface area contributed by atoms with E-state index in [1.54, 1.807) is 12.1 Å². The van der Waals surface area contributed by atoms with E-state index in [4.69, 9.17) is 4.74 Å². The normalized spacial score (nSPS) is 23.3. The van der Waals surface area contributed by atoms with Gasteiger partial charge in [0.25, 0.3) is 5.91 Å². The average molecular weight is 637 g/mol. The number of anilines is 1. The molecule has 0 spiro atoms. The van der Waals surface area contributed by atoms with Crippen LogP contribution in [0.2, 0.25) is 0 Å². The molecule has 9 nitrogen and oxygen atoms in total. The number of likely N-dealkylation sites (tertiary alicyclic amines) is 1. The Balaban J connectivity index is 0.00000380. The largest absolute Gasteiger partial charge is 0.388 e. The number of aliphatic hydroxyl groups excluding tert-OH is 1. The van der Waals surface area contributed by atoms with Crippen LogP contribution in [0.4, 0.5) is 5.69 Å². The topological polar surface area (TPSA) is 102 Å². The minimum absolute atomic E-state index is 0. The molecule has 3 fully saturated rings. The summed E-state index contributed by atoms with van der Waals surface area (Å²) in [5, 5.41) is 13.2. The van der Waals surface area contributed by atoms with E-state index in [-0.39, 0.29) is 90.1 Å². The summed E-state index contributed by atoms with van der Waals surface area (Å²) in [5.41, 5.74) is 1.31. The number of fused-ring (bicyclic) bond motifs is 1. The molecule has 0 aliphatic carbocycles. The first-order valence-electron chi connectivity index (χ1n) is 13.0. The number of hydrogen-bond donors (Lipinski definition) is 2. The van der Waals surface area contributed by atoms with Gasteiger partial charge in [-0.3, -0.25) is 19.3 Å². The summed E-state index contributed by atoms with van der Waals surface area (Å²) in [6.45, 7) is 14.2. The molecule has 3 saturated heterocycles. The predicted molar refractivity (Wildman–Crippen MR) is 178 cm³/mol. The molecular weight excluding hydrogens is 589 g/mol. The maximum absolute atomic E-state index is 13.5. The average Bonchev–Trinajstić information content (AvgIpc) is 3.37. The first-order chi connectivity index (χ1) is 16.9. The summed E-state index contributed by atoms with van der Waals surface area (Å²) < 4.78 is 5.40. The van der Waals surface area contributed by atoms with Gasteiger partial charge in [-0.15, -0.1) is 0 Å². The van der Waals surface area contributed by atoms with Crippen LogP contribution >= 0.6 is 54.0 Å². The van der Waals surface area contributed by atoms with E-state index in [2.05, 4.69) is 29.0 Å². The number of carbonyl (C=O) groups excluding carboxylic acids is 3. The molecule has 4 rings (SSSR count). The van der Waals surface area contributed by atoms with E-state index < -0.39 is 24.3 Å². The van der Waals surface area contributed by atoms with Gasteiger partial charge in [0, 0.05) is 43.5 Å². The van der Waals surface area contributed by atoms with Crippen LogP contribution in [0.1, 0.15) is 51.4 Å². The minimum Gasteiger partial charge on any atom is -0.388 e. The Labute approximate surface area is 266 Å². The number of amides is 2. The van der Waals surface area contributed by atoms with Gasteiger partial charge in [-0.25, -0.2) is 0 Å². The Bertz CT molecular complexity index is 984. The number of aliphatic hydroxyl groups is 1. The van der Waals surface area contributed by atoms with Gasteiger partial charge in [-0.05, 0) is 49.9 Å². The van der Waals surface area contributed by atoms with Crippen LogP contribution in [-0.4, -0.2) is 102 Å². The van der Waals surface area contributed by atoms with Gasteiger partial charge in [0.1, 0.15) is 30.9 Å². The van der Waals surface area contributed by atoms with Gasteiger partial charge in [0.2, 0.25) is 5.91 Å². The number of nitrogens with zero attached hydrogens (tertiary/aromatic N) is 3. The Morgan fingerprint density at radius 1 is 1.02 bits per heavy atom. The summed E-state index contributed by atoms with van der Waals surface area (Å²) >= 11 is 0. The zero-order valence-corrected chi connectivity index (χ0v) is 28.1. The number of Topliss-reactive ketones (excluding diaryl/α,β-unsaturated/α-hetero) is 1. The summed E-state index contributed by atoms with van der Waals surface area (Å²) in [6, 6.07) is 6.43. The predicted octanol–water partition coefficient (Wildman–Crippen LogP) is 1.74. The van der Waals surface area contributed by atoms with Crippen molar-refractivity contribution >= 4 is 77.3 Å². The Kier molecular flexibility index (Phi) is 15.5. The number of ketones is 1. The van der Waals surface area contributed by atoms with Crippen molar-refractivity contribution in [3.63, 3.8) is 0 Å². The number of piperazine rings is 1. The first kappa shape index (κ1) is 38.9. The molecule has 13 heteroatoms. The first-order valence-corrected chi connectivity index (χ1v) is 13.0. The van der Waals surface area contributed by atoms with Crippen molar-refractivity contribution in [3.8, 4) is 0 Å². The van der Waals surface area contributed by atoms with Crippen molar-refractivity contribution in [2.75, 3.05) is 44.2 Å². The molecular formula is C27H48N4O5S4. The van der Waals surface area contributed by atoms with Gasteiger partial charge in [-0.1, -0.05) is 20.8 Å². The maximum atomic E-state index is 13.5. The van der Waals surface area contributed by atoms with E-state index in [1.165, 1.54) is 4.90 Å². The molecule has 2 N–H and O–H groups in total. The summed E-state index contributed by atoms with van der Waals surface area (Å²) in [4.78, 5) is 45.2. The molecule has 3 heterocycles. The number of β-amino-alcohol motifs (C(OH)–C–C–N with tert-alkyl or cyclic N) is 1. The smallest absolute Gasteiger partial charge is 0.251 e. The van der Waals surface area contributed by atoms with Crippen LogP contribution in [0.5, 0.6) is 0 Å². The van der Waals surface area contributed by atoms with Crippen molar-refractivity contribution in [1.82, 2.24) is 15.1 Å². The van der Waals surface area contributed by atoms with Crippen molar-refractivity contribution in [1.29, 1.82) is 0 Å². The Morgan fingerprint density at radius 3 is 2.12 bits per heavy atom. The fourth-order valence-corrected chi connectivity index (χ4v) is 5.43. The molecule has 0 aromatic heterocycles. The minimum atomic E-state index is -0.911. The Hall–Kier alpha value is -1.09. The fraction of sp³-hybridized carbons (Fsp3) is 0.667. The maximum Gasteiger partial charge on any atom is 0.251 e. The van der Waals surface area contributed by atoms with Gasteiger partial charge in [0.15, 0.2) is 5.78 Å². The van der Waals surface area contributed by atoms with Crippen LogP contribution in [0.3, 0.4) is 0 Å². The van der Waals surface area contributed by atoms with E-state index >= 15 is 0 Å². The summed E-state index contributed by atoms with van der Waals surface area (Å²) in [7, 11) is 0. The van der Waals surface area contributed by atoms with Gasteiger partial charge < -0.3 is 25.0 Å². The second kappa shape index (κ2) is 15.9. The second-order valence-electron chi connectivity index (χ2n) is 11.7. The summed E-state index contributed by atoms with van der Waals surface area (Å²) in [6.07, 6.45) is -1.21. The lowest BCUT2D eigenvalue weighted by molar-refractivity contribution is -0.138. The number of carbonyl (C=O) groups is 3. The summed E-state index contributed by atoms with van der Waals surface area (Å²) in [5.74, 6) is -0.905. The molecule has 0 unspecified atom stereocenters. The molecule has 3 aliphatic heterocycles. The highest BCUT2D eigenvalue weighted by molar-refractivity contribution is 7.59. The highest BCUT2D eigenvalue weighted by Crippen LogP contribution is 2.30. The number of ether oxygens (including phenoxy) is 1. The second-order valence-corrected chi connectivity index (χ2v) is 11.7. The molecule has 230 valence electrons. The van der Waals surface area contributed by atoms with Gasteiger partial charge in [0.05, 0.1) is 6.54 Å². The third kappa shape index (κ3) is 8.95. The fourth-order valence-electron chi connectivity index (χ4n) is 5.43. The zero-order valence-electron chi connectivity index (χ0n) is 24.1. The van der Waals surface area contributed by atoms with Crippen LogP contribution < -0.4 is 10.2 Å². The van der Waals surface area contributed by atoms with Gasteiger partial charge >= 0.3 is 0 Å². The molecule has 1 aromatic rings. The highest BCUT2D eigenvalue weighted by Gasteiger charge is 2.53. The molecule has 2 amide bonds. The quantitative estimate of drug-likeness (QED) is 0.491. The van der Waals surface area contributed by atoms with Crippen LogP contribution in [0.15, 0.2) is 24.3 Å². The molecule has 40 heavy (non-hydrogen) atoms. The van der Waals surface area contributed by atoms with E-state index in [0.29, 0.717) is 18.0 Å². The number of nitrogens with one attached hydrogen (secondary N) is 1. The third-order valence-electron chi connectivity index (χ3n) is 7.40. The molecule has 0 saturated carbocycles. The zero-order chi connectivity index (χ0) is 26.2. The van der Waals surface area contributed by atoms with Crippen LogP contribution in [0.25, 0.3) is 0 Å². The molecule has 4 atom stereocenters. The van der Waals surface area contributed by atoms with Gasteiger partial charge in [-0.2, -0.15) is 54.0 Å². The van der Waals surface area contributed by atoms with Crippen LogP contribution in [0, 0.1) is 5.41 Å². The highest BCUT2D eigenvalue weighted by atomic mass is 32.1. The number of hydrogen-bond acceptors (Lipinski definition) is 7. The Morgan fingerprint density at radius 2 is 1.60 bits per heavy atom. The molecule has 0 bridgehead atoms. The van der Waals surface area contributed by atoms with Crippen molar-refractivity contribution < 1.29 is 24.2 Å². The number of rotatable bonds is 6. The van der Waals surface area contributed by atoms with Crippen LogP contribution in [-0.2, 0) is 14.3 Å². The van der Waals surface area contributed by atoms with Crippen molar-refractivity contribution in [2.24, 2.45) is 5.41 Å². The SMILES string of the molecule is CC(C)N1CCN(c2ccc(C(=O)N[C@@H](CC(C)(C)C)C(=O)N3C[C@H](O)[C@H]4OCC(=O)[C@H]43)cc2)CC1.S.S.S.S. The lowest BCUT2D eigenvalue weighted by Gasteiger charge is -2.38. The van der Waals surface area contributed by atoms with Crippen molar-refractivity contribution in [3.05, 3.63) is 29.8 Å². The molecule has 0 radical (unpaired) electrons. The molecule has 3 aliphatic rings. The van der Waals surface area contributed by atoms with E-state index in [0.717, 1.165) is 31.9 Å². The van der Waals surface area contributed by atoms with E-state index in [9.17, 15) is 19.5 Å². The standard InChI is InChI=1S/C27H40N4O5.4H2S/c1-17(2)29-10-12-30(13-11-29)19-8-6-18(7-9-19)25(34)28-20(14-27(3,4)5)26(35)31-15-21(32)24-23(31)22(33)16-36-24;;;;/h6-9,17,20-21,23-24,32H,10-16H2,1-5H3,(H,28,34);4*1H2/t20-,21-,23+,24+;;;;/m0..../s1. The third-order valence-corrected chi connectivity index (χ3v) is 7.40. The van der Waals surface area contributed by atoms with Crippen molar-refractivity contribution in [2.45, 2.75) is 71.4 Å². The van der Waals surface area contributed by atoms with E-state index in [1.807, 2.05) is 32.9 Å². The number of benzene rings is 1. The monoisotopic (exact) mass is 636 g/mol. The lowest BCUT2D eigenvalue weighted by Crippen LogP contribution is -2.53. The lowest BCUT2D eigenvalue weighted by atomic mass is 9.87.